The molecule has 2 fully saturated rings. The van der Waals surface area contributed by atoms with Gasteiger partial charge in [0.05, 0.1) is 12.1 Å². The molecule has 0 aromatic carbocycles. The molecule has 1 aliphatic heterocycles. The van der Waals surface area contributed by atoms with Crippen molar-refractivity contribution < 1.29 is 9.59 Å². The van der Waals surface area contributed by atoms with Gasteiger partial charge < -0.3 is 15.2 Å². The van der Waals surface area contributed by atoms with Gasteiger partial charge in [-0.3, -0.25) is 14.5 Å². The summed E-state index contributed by atoms with van der Waals surface area (Å²) in [5, 5.41) is 18.0. The Morgan fingerprint density at radius 3 is 2.54 bits per heavy atom. The van der Waals surface area contributed by atoms with Crippen LogP contribution in [0.4, 0.5) is 5.82 Å². The van der Waals surface area contributed by atoms with Gasteiger partial charge in [0.2, 0.25) is 11.8 Å². The van der Waals surface area contributed by atoms with Gasteiger partial charge >= 0.3 is 0 Å². The molecule has 2 N–H and O–H groups in total. The van der Waals surface area contributed by atoms with Gasteiger partial charge in [-0.25, -0.2) is 0 Å². The molecule has 0 bridgehead atoms. The Labute approximate surface area is 212 Å². The number of rotatable bonds is 8. The van der Waals surface area contributed by atoms with Crippen molar-refractivity contribution in [3.8, 4) is 6.07 Å². The molecule has 0 unspecified atom stereocenters. The van der Waals surface area contributed by atoms with E-state index < -0.39 is 0 Å². The highest BCUT2D eigenvalue weighted by Gasteiger charge is 2.28. The topological polar surface area (TPSA) is 90.2 Å². The number of nitrogens with zero attached hydrogens (tertiary/aromatic N) is 3. The van der Waals surface area contributed by atoms with E-state index >= 15 is 0 Å². The van der Waals surface area contributed by atoms with Gasteiger partial charge in [0.25, 0.3) is 0 Å². The molecule has 35 heavy (non-hydrogen) atoms. The maximum Gasteiger partial charge on any atom is 0.239 e. The second-order valence-electron chi connectivity index (χ2n) is 9.93. The third kappa shape index (κ3) is 6.14. The van der Waals surface area contributed by atoms with Gasteiger partial charge in [-0.05, 0) is 76.1 Å². The lowest BCUT2D eigenvalue weighted by Gasteiger charge is -2.31. The molecule has 0 radical (unpaired) electrons. The number of carbonyl (C=O) groups excluding carboxylic acids is 2. The normalized spacial score (nSPS) is 17.7. The molecule has 3 heterocycles. The van der Waals surface area contributed by atoms with E-state index in [1.807, 2.05) is 13.0 Å². The molecule has 2 amide bonds. The van der Waals surface area contributed by atoms with Crippen molar-refractivity contribution in [3.63, 3.8) is 0 Å². The number of hydrogen-bond donors (Lipinski definition) is 2. The minimum atomic E-state index is -0.0880. The van der Waals surface area contributed by atoms with Crippen molar-refractivity contribution in [1.29, 1.82) is 5.26 Å². The summed E-state index contributed by atoms with van der Waals surface area (Å²) in [4.78, 5) is 29.0. The number of hydrogen-bond acceptors (Lipinski definition) is 5. The molecule has 8 heteroatoms. The van der Waals surface area contributed by atoms with Crippen LogP contribution >= 0.6 is 11.3 Å². The molecular weight excluding hydrogens is 458 g/mol. The molecule has 188 valence electrons. The van der Waals surface area contributed by atoms with Crippen LogP contribution in [0.5, 0.6) is 0 Å². The lowest BCUT2D eigenvalue weighted by Crippen LogP contribution is -2.43. The summed E-state index contributed by atoms with van der Waals surface area (Å²) in [6.07, 6.45) is 8.20. The van der Waals surface area contributed by atoms with Crippen molar-refractivity contribution in [2.24, 2.45) is 5.92 Å². The van der Waals surface area contributed by atoms with Gasteiger partial charge in [-0.1, -0.05) is 25.3 Å². The second-order valence-corrected chi connectivity index (χ2v) is 11.0. The van der Waals surface area contributed by atoms with E-state index in [0.717, 1.165) is 56.5 Å². The number of aromatic nitrogens is 1. The number of nitriles is 1. The van der Waals surface area contributed by atoms with Gasteiger partial charge in [0.15, 0.2) is 0 Å². The number of piperidine rings is 1. The highest BCUT2D eigenvalue weighted by atomic mass is 32.1. The number of anilines is 1. The van der Waals surface area contributed by atoms with Crippen LogP contribution in [-0.4, -0.2) is 47.5 Å². The van der Waals surface area contributed by atoms with E-state index in [0.29, 0.717) is 24.0 Å². The van der Waals surface area contributed by atoms with Crippen LogP contribution < -0.4 is 10.6 Å². The highest BCUT2D eigenvalue weighted by molar-refractivity contribution is 7.09. The van der Waals surface area contributed by atoms with Crippen molar-refractivity contribution in [2.75, 3.05) is 31.5 Å². The van der Waals surface area contributed by atoms with Crippen molar-refractivity contribution >= 4 is 29.0 Å². The summed E-state index contributed by atoms with van der Waals surface area (Å²) in [6.45, 7) is 6.43. The minimum absolute atomic E-state index is 0.0108. The molecule has 1 aliphatic carbocycles. The Kier molecular flexibility index (Phi) is 8.64. The summed E-state index contributed by atoms with van der Waals surface area (Å²) in [6, 6.07) is 6.79. The molecule has 1 saturated carbocycles. The Hall–Kier alpha value is -2.63. The highest BCUT2D eigenvalue weighted by Crippen LogP contribution is 2.36. The van der Waals surface area contributed by atoms with Crippen LogP contribution in [0, 0.1) is 31.1 Å². The number of carbonyl (C=O) groups is 2. The van der Waals surface area contributed by atoms with Gasteiger partial charge in [0, 0.05) is 29.1 Å². The predicted octanol–water partition coefficient (Wildman–Crippen LogP) is 4.55. The number of thiophene rings is 1. The minimum Gasteiger partial charge on any atom is -0.355 e. The van der Waals surface area contributed by atoms with E-state index in [9.17, 15) is 14.9 Å². The molecule has 0 spiro atoms. The smallest absolute Gasteiger partial charge is 0.239 e. The quantitative estimate of drug-likeness (QED) is 0.562. The molecule has 2 aromatic rings. The van der Waals surface area contributed by atoms with Gasteiger partial charge in [-0.15, -0.1) is 11.3 Å². The summed E-state index contributed by atoms with van der Waals surface area (Å²) >= 11 is 1.71. The Bertz CT molecular complexity index is 1050. The molecule has 7 nitrogen and oxygen atoms in total. The maximum atomic E-state index is 13.0. The Morgan fingerprint density at radius 1 is 1.14 bits per heavy atom. The van der Waals surface area contributed by atoms with Crippen molar-refractivity contribution in [2.45, 2.75) is 71.3 Å². The van der Waals surface area contributed by atoms with E-state index in [2.05, 4.69) is 44.5 Å². The van der Waals surface area contributed by atoms with E-state index in [-0.39, 0.29) is 24.3 Å². The molecule has 4 rings (SSSR count). The van der Waals surface area contributed by atoms with Crippen LogP contribution in [0.3, 0.4) is 0 Å². The summed E-state index contributed by atoms with van der Waals surface area (Å²) < 4.78 is 2.21. The van der Waals surface area contributed by atoms with Crippen LogP contribution in [0.1, 0.15) is 72.7 Å². The first-order chi connectivity index (χ1) is 17.0. The SMILES string of the molecule is Cc1c(C#N)c(NC(=O)CN2CCC(C(=O)NCCc3cccs3)CC2)n(C2CCCCC2)c1C. The summed E-state index contributed by atoms with van der Waals surface area (Å²) in [7, 11) is 0. The zero-order valence-electron chi connectivity index (χ0n) is 20.9. The standard InChI is InChI=1S/C27H37N5O2S/c1-19-20(2)32(22-7-4-3-5-8-22)26(24(19)17-28)30-25(33)18-31-14-11-21(12-15-31)27(34)29-13-10-23-9-6-16-35-23/h6,9,16,21-22H,3-5,7-8,10-15,18H2,1-2H3,(H,29,34)(H,30,33). The van der Waals surface area contributed by atoms with E-state index in [1.165, 1.54) is 24.1 Å². The molecule has 0 atom stereocenters. The fourth-order valence-corrected chi connectivity index (χ4v) is 6.23. The van der Waals surface area contributed by atoms with Gasteiger partial charge in [-0.2, -0.15) is 5.26 Å². The summed E-state index contributed by atoms with van der Waals surface area (Å²) in [5.41, 5.74) is 2.62. The van der Waals surface area contributed by atoms with Crippen LogP contribution in [0.25, 0.3) is 0 Å². The van der Waals surface area contributed by atoms with E-state index in [1.54, 1.807) is 11.3 Å². The average Bonchev–Trinajstić information content (AvgIpc) is 3.46. The Morgan fingerprint density at radius 2 is 1.89 bits per heavy atom. The van der Waals surface area contributed by atoms with Crippen LogP contribution in [0.2, 0.25) is 0 Å². The zero-order chi connectivity index (χ0) is 24.8. The maximum absolute atomic E-state index is 13.0. The lowest BCUT2D eigenvalue weighted by molar-refractivity contribution is -0.126. The number of nitrogens with one attached hydrogen (secondary N) is 2. The Balaban J connectivity index is 1.29. The first kappa shape index (κ1) is 25.5. The van der Waals surface area contributed by atoms with Crippen molar-refractivity contribution in [1.82, 2.24) is 14.8 Å². The number of amides is 2. The largest absolute Gasteiger partial charge is 0.355 e. The first-order valence-electron chi connectivity index (χ1n) is 12.9. The molecule has 2 aliphatic rings. The molecule has 1 saturated heterocycles. The fraction of sp³-hybridized carbons (Fsp3) is 0.593. The number of likely N-dealkylation sites (tertiary alicyclic amines) is 1. The molecule has 2 aromatic heterocycles. The lowest BCUT2D eigenvalue weighted by atomic mass is 9.95. The van der Waals surface area contributed by atoms with Crippen molar-refractivity contribution in [3.05, 3.63) is 39.2 Å². The summed E-state index contributed by atoms with van der Waals surface area (Å²) in [5.74, 6) is 0.714. The zero-order valence-corrected chi connectivity index (χ0v) is 21.8. The second kappa shape index (κ2) is 11.9. The van der Waals surface area contributed by atoms with E-state index in [4.69, 9.17) is 0 Å². The fourth-order valence-electron chi connectivity index (χ4n) is 5.52. The third-order valence-corrected chi connectivity index (χ3v) is 8.58. The monoisotopic (exact) mass is 495 g/mol. The van der Waals surface area contributed by atoms with Gasteiger partial charge in [0.1, 0.15) is 11.9 Å². The average molecular weight is 496 g/mol. The predicted molar refractivity (Wildman–Crippen MR) is 140 cm³/mol. The third-order valence-electron chi connectivity index (χ3n) is 7.64. The van der Waals surface area contributed by atoms with Crippen LogP contribution in [-0.2, 0) is 16.0 Å². The molecular formula is C27H37N5O2S. The van der Waals surface area contributed by atoms with Crippen LogP contribution in [0.15, 0.2) is 17.5 Å². The first-order valence-corrected chi connectivity index (χ1v) is 13.8.